The highest BCUT2D eigenvalue weighted by molar-refractivity contribution is 9.10. The van der Waals surface area contributed by atoms with E-state index in [1.165, 1.54) is 13.2 Å². The molecule has 3 nitrogen and oxygen atoms in total. The number of rotatable bonds is 5. The van der Waals surface area contributed by atoms with Crippen LogP contribution in [0, 0.1) is 0 Å². The van der Waals surface area contributed by atoms with Crippen molar-refractivity contribution < 1.29 is 14.3 Å². The molecule has 22 heavy (non-hydrogen) atoms. The Morgan fingerprint density at radius 2 is 1.82 bits per heavy atom. The highest BCUT2D eigenvalue weighted by Crippen LogP contribution is 2.28. The van der Waals surface area contributed by atoms with Gasteiger partial charge in [-0.05, 0) is 57.9 Å². The van der Waals surface area contributed by atoms with Gasteiger partial charge in [0, 0.05) is 10.0 Å². The van der Waals surface area contributed by atoms with Crippen LogP contribution in [0.15, 0.2) is 46.9 Å². The zero-order valence-corrected chi connectivity index (χ0v) is 14.4. The van der Waals surface area contributed by atoms with E-state index >= 15 is 0 Å². The van der Waals surface area contributed by atoms with Gasteiger partial charge in [0.05, 0.1) is 19.2 Å². The maximum Gasteiger partial charge on any atom is 0.185 e. The zero-order valence-electron chi connectivity index (χ0n) is 12.1. The highest BCUT2D eigenvalue weighted by Gasteiger charge is 2.08. The third kappa shape index (κ3) is 3.90. The number of carbonyl (C=O) groups is 1. The second kappa shape index (κ2) is 7.47. The molecule has 114 valence electrons. The molecule has 0 saturated heterocycles. The normalized spacial score (nSPS) is 10.7. The fraction of sp³-hybridized carbons (Fsp3) is 0.118. The Hall–Kier alpha value is -1.78. The van der Waals surface area contributed by atoms with E-state index in [0.717, 1.165) is 10.0 Å². The van der Waals surface area contributed by atoms with Crippen LogP contribution in [0.2, 0.25) is 5.02 Å². The van der Waals surface area contributed by atoms with Gasteiger partial charge in [0.2, 0.25) is 0 Å². The summed E-state index contributed by atoms with van der Waals surface area (Å²) < 4.78 is 11.1. The summed E-state index contributed by atoms with van der Waals surface area (Å²) in [7, 11) is 3.09. The Balaban J connectivity index is 2.21. The Morgan fingerprint density at radius 3 is 2.45 bits per heavy atom. The van der Waals surface area contributed by atoms with Gasteiger partial charge in [-0.3, -0.25) is 4.79 Å². The van der Waals surface area contributed by atoms with Gasteiger partial charge in [0.15, 0.2) is 17.3 Å². The molecule has 0 aliphatic rings. The Morgan fingerprint density at radius 1 is 1.09 bits per heavy atom. The number of benzene rings is 2. The molecule has 0 aliphatic carbocycles. The topological polar surface area (TPSA) is 35.5 Å². The first kappa shape index (κ1) is 16.6. The first-order valence-corrected chi connectivity index (χ1v) is 7.61. The van der Waals surface area contributed by atoms with Gasteiger partial charge < -0.3 is 9.47 Å². The molecule has 0 fully saturated rings. The smallest absolute Gasteiger partial charge is 0.185 e. The molecular formula is C17H14BrClO3. The van der Waals surface area contributed by atoms with Crippen molar-refractivity contribution in [1.82, 2.24) is 0 Å². The predicted molar refractivity (Wildman–Crippen MR) is 92.1 cm³/mol. The molecule has 0 N–H and O–H groups in total. The summed E-state index contributed by atoms with van der Waals surface area (Å²) in [5, 5.41) is 0.628. The Kier molecular flexibility index (Phi) is 5.63. The molecular weight excluding hydrogens is 368 g/mol. The average molecular weight is 382 g/mol. The largest absolute Gasteiger partial charge is 0.493 e. The number of ether oxygens (including phenoxy) is 2. The lowest BCUT2D eigenvalue weighted by atomic mass is 10.1. The van der Waals surface area contributed by atoms with Crippen LogP contribution in [0.1, 0.15) is 15.9 Å². The maximum absolute atomic E-state index is 12.2. The van der Waals surface area contributed by atoms with E-state index in [4.69, 9.17) is 21.1 Å². The third-order valence-corrected chi connectivity index (χ3v) is 4.25. The van der Waals surface area contributed by atoms with E-state index in [-0.39, 0.29) is 5.78 Å². The van der Waals surface area contributed by atoms with Crippen LogP contribution in [0.25, 0.3) is 6.08 Å². The fourth-order valence-electron chi connectivity index (χ4n) is 1.87. The second-order valence-corrected chi connectivity index (χ2v) is 5.70. The molecule has 0 unspecified atom stereocenters. The van der Waals surface area contributed by atoms with Gasteiger partial charge in [-0.1, -0.05) is 23.7 Å². The van der Waals surface area contributed by atoms with E-state index in [1.807, 2.05) is 12.1 Å². The van der Waals surface area contributed by atoms with E-state index in [0.29, 0.717) is 22.1 Å². The van der Waals surface area contributed by atoms with Crippen molar-refractivity contribution in [1.29, 1.82) is 0 Å². The van der Waals surface area contributed by atoms with Crippen LogP contribution in [0.4, 0.5) is 0 Å². The predicted octanol–water partition coefficient (Wildman–Crippen LogP) is 5.02. The van der Waals surface area contributed by atoms with Crippen molar-refractivity contribution >= 4 is 39.4 Å². The number of halogens is 2. The van der Waals surface area contributed by atoms with E-state index < -0.39 is 0 Å². The number of allylic oxidation sites excluding steroid dienone is 1. The molecule has 0 radical (unpaired) electrons. The van der Waals surface area contributed by atoms with Gasteiger partial charge in [-0.2, -0.15) is 0 Å². The molecule has 0 heterocycles. The summed E-state index contributed by atoms with van der Waals surface area (Å²) in [5.74, 6) is 0.993. The summed E-state index contributed by atoms with van der Waals surface area (Å²) in [5.41, 5.74) is 1.41. The third-order valence-electron chi connectivity index (χ3n) is 3.04. The van der Waals surface area contributed by atoms with Crippen LogP contribution in [0.3, 0.4) is 0 Å². The standard InChI is InChI=1S/C17H14BrClO3/c1-21-16-8-5-12(10-17(16)22-2)15(20)7-4-11-3-6-14(19)13(18)9-11/h3-10H,1-2H3/b7-4+. The number of methoxy groups -OCH3 is 2. The molecule has 0 amide bonds. The van der Waals surface area contributed by atoms with Gasteiger partial charge in [0.25, 0.3) is 0 Å². The Labute approximate surface area is 142 Å². The molecule has 0 atom stereocenters. The lowest BCUT2D eigenvalue weighted by Gasteiger charge is -2.08. The highest BCUT2D eigenvalue weighted by atomic mass is 79.9. The molecule has 5 heteroatoms. The number of hydrogen-bond donors (Lipinski definition) is 0. The van der Waals surface area contributed by atoms with Crippen molar-refractivity contribution in [2.45, 2.75) is 0 Å². The van der Waals surface area contributed by atoms with Crippen molar-refractivity contribution in [2.75, 3.05) is 14.2 Å². The van der Waals surface area contributed by atoms with Crippen molar-refractivity contribution in [3.8, 4) is 11.5 Å². The maximum atomic E-state index is 12.2. The molecule has 0 bridgehead atoms. The van der Waals surface area contributed by atoms with Gasteiger partial charge >= 0.3 is 0 Å². The Bertz CT molecular complexity index is 726. The molecule has 0 aliphatic heterocycles. The fourth-order valence-corrected chi connectivity index (χ4v) is 2.39. The van der Waals surface area contributed by atoms with Crippen LogP contribution in [-0.2, 0) is 0 Å². The minimum Gasteiger partial charge on any atom is -0.493 e. The molecule has 2 rings (SSSR count). The lowest BCUT2D eigenvalue weighted by molar-refractivity contribution is 0.104. The zero-order chi connectivity index (χ0) is 16.1. The molecule has 2 aromatic rings. The van der Waals surface area contributed by atoms with E-state index in [2.05, 4.69) is 15.9 Å². The van der Waals surface area contributed by atoms with Crippen molar-refractivity contribution in [2.24, 2.45) is 0 Å². The summed E-state index contributed by atoms with van der Waals surface area (Å²) in [6, 6.07) is 10.5. The summed E-state index contributed by atoms with van der Waals surface area (Å²) in [6.07, 6.45) is 3.25. The van der Waals surface area contributed by atoms with Gasteiger partial charge in [-0.25, -0.2) is 0 Å². The van der Waals surface area contributed by atoms with Gasteiger partial charge in [0.1, 0.15) is 0 Å². The average Bonchev–Trinajstić information content (AvgIpc) is 2.54. The van der Waals surface area contributed by atoms with E-state index in [9.17, 15) is 4.79 Å². The number of carbonyl (C=O) groups excluding carboxylic acids is 1. The quantitative estimate of drug-likeness (QED) is 0.539. The number of ketones is 1. The SMILES string of the molecule is COc1ccc(C(=O)/C=C/c2ccc(Cl)c(Br)c2)cc1OC. The summed E-state index contributed by atoms with van der Waals surface area (Å²) >= 11 is 9.29. The monoisotopic (exact) mass is 380 g/mol. The first-order chi connectivity index (χ1) is 10.5. The second-order valence-electron chi connectivity index (χ2n) is 4.44. The molecule has 2 aromatic carbocycles. The van der Waals surface area contributed by atoms with Crippen molar-refractivity contribution in [3.05, 3.63) is 63.1 Å². The van der Waals surface area contributed by atoms with Gasteiger partial charge in [-0.15, -0.1) is 0 Å². The van der Waals surface area contributed by atoms with Crippen molar-refractivity contribution in [3.63, 3.8) is 0 Å². The summed E-state index contributed by atoms with van der Waals surface area (Å²) in [4.78, 5) is 12.2. The van der Waals surface area contributed by atoms with Crippen LogP contribution in [-0.4, -0.2) is 20.0 Å². The van der Waals surface area contributed by atoms with E-state index in [1.54, 1.807) is 37.5 Å². The minimum absolute atomic E-state index is 0.118. The van der Waals surface area contributed by atoms with Crippen LogP contribution >= 0.6 is 27.5 Å². The minimum atomic E-state index is -0.118. The lowest BCUT2D eigenvalue weighted by Crippen LogP contribution is -1.97. The summed E-state index contributed by atoms with van der Waals surface area (Å²) in [6.45, 7) is 0. The van der Waals surface area contributed by atoms with Crippen LogP contribution < -0.4 is 9.47 Å². The molecule has 0 saturated carbocycles. The molecule has 0 spiro atoms. The van der Waals surface area contributed by atoms with Crippen LogP contribution in [0.5, 0.6) is 11.5 Å². The molecule has 0 aromatic heterocycles. The first-order valence-electron chi connectivity index (χ1n) is 6.44. The number of hydrogen-bond acceptors (Lipinski definition) is 3.